The van der Waals surface area contributed by atoms with Gasteiger partial charge in [-0.05, 0) is 23.8 Å². The Labute approximate surface area is 152 Å². The molecule has 0 spiro atoms. The molecule has 3 rings (SSSR count). The van der Waals surface area contributed by atoms with Crippen LogP contribution in [0.15, 0.2) is 30.5 Å². The van der Waals surface area contributed by atoms with E-state index in [0.717, 1.165) is 27.8 Å². The van der Waals surface area contributed by atoms with E-state index in [4.69, 9.17) is 12.2 Å². The second-order valence-electron chi connectivity index (χ2n) is 5.25. The van der Waals surface area contributed by atoms with Gasteiger partial charge in [0, 0.05) is 30.6 Å². The molecule has 0 unspecified atom stereocenters. The van der Waals surface area contributed by atoms with Crippen molar-refractivity contribution in [3.05, 3.63) is 40.0 Å². The van der Waals surface area contributed by atoms with Crippen LogP contribution in [0.4, 0.5) is 9.93 Å². The quantitative estimate of drug-likeness (QED) is 0.439. The van der Waals surface area contributed by atoms with Gasteiger partial charge in [-0.1, -0.05) is 29.5 Å². The lowest BCUT2D eigenvalue weighted by Gasteiger charge is -2.17. The van der Waals surface area contributed by atoms with Gasteiger partial charge in [0.1, 0.15) is 6.04 Å². The van der Waals surface area contributed by atoms with Gasteiger partial charge in [-0.2, -0.15) is 0 Å². The Morgan fingerprint density at radius 2 is 2.16 bits per heavy atom. The molecule has 25 heavy (non-hydrogen) atoms. The SMILES string of the molecule is CNC(=O)[C@H](Cc1c[nH]c2ccccc12)NC(=O)Nc1n[nH]c(=S)s1. The van der Waals surface area contributed by atoms with Crippen molar-refractivity contribution < 1.29 is 9.59 Å². The number of hydrogen-bond donors (Lipinski definition) is 5. The number of H-pyrrole nitrogens is 2. The predicted octanol–water partition coefficient (Wildman–Crippen LogP) is 2.16. The van der Waals surface area contributed by atoms with Crippen LogP contribution in [0.5, 0.6) is 0 Å². The Morgan fingerprint density at radius 3 is 2.88 bits per heavy atom. The minimum atomic E-state index is -0.726. The van der Waals surface area contributed by atoms with Gasteiger partial charge < -0.3 is 15.6 Å². The third-order valence-corrected chi connectivity index (χ3v) is 4.63. The van der Waals surface area contributed by atoms with Crippen molar-refractivity contribution in [1.29, 1.82) is 0 Å². The van der Waals surface area contributed by atoms with Crippen LogP contribution >= 0.6 is 23.6 Å². The van der Waals surface area contributed by atoms with Crippen LogP contribution in [-0.2, 0) is 11.2 Å². The summed E-state index contributed by atoms with van der Waals surface area (Å²) in [6, 6.07) is 6.54. The Balaban J connectivity index is 1.74. The maximum Gasteiger partial charge on any atom is 0.321 e. The van der Waals surface area contributed by atoms with Gasteiger partial charge in [0.05, 0.1) is 0 Å². The van der Waals surface area contributed by atoms with E-state index in [9.17, 15) is 9.59 Å². The van der Waals surface area contributed by atoms with E-state index in [1.165, 1.54) is 7.05 Å². The average Bonchev–Trinajstić information content (AvgIpc) is 3.20. The fourth-order valence-corrected chi connectivity index (χ4v) is 3.26. The largest absolute Gasteiger partial charge is 0.361 e. The first-order valence-electron chi connectivity index (χ1n) is 7.46. The number of benzene rings is 1. The van der Waals surface area contributed by atoms with Crippen molar-refractivity contribution in [2.45, 2.75) is 12.5 Å². The van der Waals surface area contributed by atoms with Crippen molar-refractivity contribution in [3.63, 3.8) is 0 Å². The average molecular weight is 376 g/mol. The van der Waals surface area contributed by atoms with E-state index in [1.807, 2.05) is 30.5 Å². The second-order valence-corrected chi connectivity index (χ2v) is 6.91. The maximum atomic E-state index is 12.2. The molecule has 0 fully saturated rings. The van der Waals surface area contributed by atoms with E-state index in [0.29, 0.717) is 15.5 Å². The molecular formula is C15H16N6O2S2. The topological polar surface area (TPSA) is 115 Å². The number of rotatable bonds is 5. The molecule has 1 aromatic carbocycles. The molecule has 2 heterocycles. The highest BCUT2D eigenvalue weighted by Crippen LogP contribution is 2.19. The number of aromatic amines is 2. The summed E-state index contributed by atoms with van der Waals surface area (Å²) in [7, 11) is 1.53. The summed E-state index contributed by atoms with van der Waals surface area (Å²) in [4.78, 5) is 27.5. The van der Waals surface area contributed by atoms with E-state index >= 15 is 0 Å². The van der Waals surface area contributed by atoms with Crippen molar-refractivity contribution in [1.82, 2.24) is 25.8 Å². The summed E-state index contributed by atoms with van der Waals surface area (Å²) in [5.41, 5.74) is 1.92. The van der Waals surface area contributed by atoms with Crippen LogP contribution in [0.2, 0.25) is 0 Å². The third-order valence-electron chi connectivity index (χ3n) is 3.63. The van der Waals surface area contributed by atoms with E-state index in [2.05, 4.69) is 31.1 Å². The number of amides is 3. The molecule has 0 aliphatic heterocycles. The number of fused-ring (bicyclic) bond motifs is 1. The Kier molecular flexibility index (Phi) is 5.10. The lowest BCUT2D eigenvalue weighted by Crippen LogP contribution is -2.48. The molecule has 2 aromatic heterocycles. The molecule has 3 amide bonds. The van der Waals surface area contributed by atoms with Crippen LogP contribution in [0, 0.1) is 3.95 Å². The summed E-state index contributed by atoms with van der Waals surface area (Å²) < 4.78 is 0.456. The molecule has 0 bridgehead atoms. The van der Waals surface area contributed by atoms with Crippen molar-refractivity contribution in [2.75, 3.05) is 12.4 Å². The zero-order valence-corrected chi connectivity index (χ0v) is 14.9. The van der Waals surface area contributed by atoms with Gasteiger partial charge in [-0.15, -0.1) is 5.10 Å². The fraction of sp³-hybridized carbons (Fsp3) is 0.200. The zero-order valence-electron chi connectivity index (χ0n) is 13.3. The molecule has 8 nitrogen and oxygen atoms in total. The molecule has 0 saturated heterocycles. The molecule has 10 heteroatoms. The number of likely N-dealkylation sites (N-methyl/N-ethyl adjacent to an activating group) is 1. The molecule has 3 aromatic rings. The number of para-hydroxylation sites is 1. The number of hydrogen-bond acceptors (Lipinski definition) is 5. The van der Waals surface area contributed by atoms with Crippen molar-refractivity contribution >= 4 is 51.5 Å². The zero-order chi connectivity index (χ0) is 17.8. The summed E-state index contributed by atoms with van der Waals surface area (Å²) in [6.45, 7) is 0. The van der Waals surface area contributed by atoms with Gasteiger partial charge in [0.2, 0.25) is 11.0 Å². The highest BCUT2D eigenvalue weighted by Gasteiger charge is 2.22. The molecule has 130 valence electrons. The smallest absolute Gasteiger partial charge is 0.321 e. The van der Waals surface area contributed by atoms with E-state index in [-0.39, 0.29) is 5.91 Å². The number of nitrogens with zero attached hydrogens (tertiary/aromatic N) is 1. The molecule has 0 aliphatic rings. The van der Waals surface area contributed by atoms with Crippen molar-refractivity contribution in [3.8, 4) is 0 Å². The Hall–Kier alpha value is -2.72. The summed E-state index contributed by atoms with van der Waals surface area (Å²) >= 11 is 6.05. The number of anilines is 1. The number of nitrogens with one attached hydrogen (secondary N) is 5. The van der Waals surface area contributed by atoms with Gasteiger partial charge in [0.25, 0.3) is 0 Å². The lowest BCUT2D eigenvalue weighted by atomic mass is 10.0. The lowest BCUT2D eigenvalue weighted by molar-refractivity contribution is -0.122. The molecule has 5 N–H and O–H groups in total. The first-order valence-corrected chi connectivity index (χ1v) is 8.69. The molecule has 0 radical (unpaired) electrons. The fourth-order valence-electron chi connectivity index (χ4n) is 2.48. The van der Waals surface area contributed by atoms with Crippen LogP contribution in [0.25, 0.3) is 10.9 Å². The summed E-state index contributed by atoms with van der Waals surface area (Å²) in [5.74, 6) is -0.282. The summed E-state index contributed by atoms with van der Waals surface area (Å²) in [5, 5.41) is 15.6. The second kappa shape index (κ2) is 7.45. The van der Waals surface area contributed by atoms with Crippen LogP contribution in [0.3, 0.4) is 0 Å². The van der Waals surface area contributed by atoms with Gasteiger partial charge >= 0.3 is 6.03 Å². The highest BCUT2D eigenvalue weighted by atomic mass is 32.1. The number of carbonyl (C=O) groups excluding carboxylic acids is 2. The first-order chi connectivity index (χ1) is 12.1. The van der Waals surface area contributed by atoms with Gasteiger partial charge in [-0.3, -0.25) is 15.2 Å². The van der Waals surface area contributed by atoms with E-state index < -0.39 is 12.1 Å². The molecule has 1 atom stereocenters. The van der Waals surface area contributed by atoms with Crippen LogP contribution in [0.1, 0.15) is 5.56 Å². The van der Waals surface area contributed by atoms with Gasteiger partial charge in [-0.25, -0.2) is 4.79 Å². The number of aromatic nitrogens is 3. The standard InChI is InChI=1S/C15H16N6O2S2/c1-16-12(22)11(18-13(23)19-14-20-21-15(24)25-14)6-8-7-17-10-5-3-2-4-9(8)10/h2-5,7,11,17H,6H2,1H3,(H,16,22)(H,21,24)(H2,18,19,20,23)/t11-/m0/s1. The van der Waals surface area contributed by atoms with E-state index in [1.54, 1.807) is 0 Å². The molecule has 0 aliphatic carbocycles. The predicted molar refractivity (Wildman–Crippen MR) is 99.3 cm³/mol. The number of urea groups is 1. The maximum absolute atomic E-state index is 12.2. The summed E-state index contributed by atoms with van der Waals surface area (Å²) in [6.07, 6.45) is 2.20. The molecular weight excluding hydrogens is 360 g/mol. The minimum absolute atomic E-state index is 0.282. The monoisotopic (exact) mass is 376 g/mol. The first kappa shape index (κ1) is 17.1. The normalized spacial score (nSPS) is 11.9. The minimum Gasteiger partial charge on any atom is -0.361 e. The highest BCUT2D eigenvalue weighted by molar-refractivity contribution is 7.73. The Morgan fingerprint density at radius 1 is 1.36 bits per heavy atom. The third kappa shape index (κ3) is 4.03. The van der Waals surface area contributed by atoms with Crippen LogP contribution in [-0.4, -0.2) is 40.2 Å². The number of carbonyl (C=O) groups is 2. The van der Waals surface area contributed by atoms with Crippen LogP contribution < -0.4 is 16.0 Å². The molecule has 0 saturated carbocycles. The Bertz CT molecular complexity index is 960. The van der Waals surface area contributed by atoms with Crippen molar-refractivity contribution in [2.24, 2.45) is 0 Å². The van der Waals surface area contributed by atoms with Gasteiger partial charge in [0.15, 0.2) is 3.95 Å².